The van der Waals surface area contributed by atoms with Crippen LogP contribution in [-0.4, -0.2) is 42.9 Å². The predicted octanol–water partition coefficient (Wildman–Crippen LogP) is 2.87. The molecule has 3 nitrogen and oxygen atoms in total. The van der Waals surface area contributed by atoms with Crippen molar-refractivity contribution in [2.75, 3.05) is 32.1 Å². The van der Waals surface area contributed by atoms with E-state index < -0.39 is 40.6 Å². The molecule has 0 radical (unpaired) electrons. The Morgan fingerprint density at radius 2 is 1.48 bits per heavy atom. The van der Waals surface area contributed by atoms with Crippen molar-refractivity contribution >= 4 is 21.8 Å². The van der Waals surface area contributed by atoms with Gasteiger partial charge in [-0.15, -0.1) is 0 Å². The number of methoxy groups -OCH3 is 1. The van der Waals surface area contributed by atoms with E-state index in [1.807, 2.05) is 0 Å². The minimum Gasteiger partial charge on any atom is -0.383 e. The van der Waals surface area contributed by atoms with Crippen LogP contribution in [0.2, 0.25) is 0 Å². The molecule has 21 heavy (non-hydrogen) atoms. The van der Waals surface area contributed by atoms with Crippen molar-refractivity contribution < 1.29 is 31.5 Å². The van der Waals surface area contributed by atoms with Crippen LogP contribution >= 0.6 is 15.9 Å². The van der Waals surface area contributed by atoms with Crippen LogP contribution in [0, 0.1) is 29.1 Å². The van der Waals surface area contributed by atoms with Crippen LogP contribution in [0.3, 0.4) is 0 Å². The van der Waals surface area contributed by atoms with Crippen LogP contribution in [0.1, 0.15) is 10.4 Å². The summed E-state index contributed by atoms with van der Waals surface area (Å²) in [6.45, 7) is 0.0102. The second-order valence-electron chi connectivity index (χ2n) is 3.92. The van der Waals surface area contributed by atoms with Crippen molar-refractivity contribution in [1.29, 1.82) is 0 Å². The number of hydrogen-bond acceptors (Lipinski definition) is 2. The second kappa shape index (κ2) is 7.69. The summed E-state index contributed by atoms with van der Waals surface area (Å²) >= 11 is 3.03. The van der Waals surface area contributed by atoms with Crippen molar-refractivity contribution in [2.24, 2.45) is 0 Å². The van der Waals surface area contributed by atoms with Crippen LogP contribution in [0.25, 0.3) is 0 Å². The van der Waals surface area contributed by atoms with Gasteiger partial charge < -0.3 is 9.64 Å². The molecule has 9 heteroatoms. The SMILES string of the molecule is COCCN(CCBr)C(=O)c1c(F)c(F)c(F)c(F)c1F. The van der Waals surface area contributed by atoms with Crippen LogP contribution in [-0.2, 0) is 4.74 Å². The number of amides is 1. The van der Waals surface area contributed by atoms with Crippen LogP contribution < -0.4 is 0 Å². The molecule has 0 unspecified atom stereocenters. The van der Waals surface area contributed by atoms with Gasteiger partial charge in [-0.1, -0.05) is 15.9 Å². The lowest BCUT2D eigenvalue weighted by Gasteiger charge is -2.22. The van der Waals surface area contributed by atoms with Crippen molar-refractivity contribution in [3.05, 3.63) is 34.6 Å². The maximum Gasteiger partial charge on any atom is 0.260 e. The Balaban J connectivity index is 3.27. The van der Waals surface area contributed by atoms with E-state index in [4.69, 9.17) is 4.74 Å². The number of hydrogen-bond donors (Lipinski definition) is 0. The molecule has 0 aliphatic carbocycles. The largest absolute Gasteiger partial charge is 0.383 e. The van der Waals surface area contributed by atoms with Gasteiger partial charge in [0, 0.05) is 25.5 Å². The summed E-state index contributed by atoms with van der Waals surface area (Å²) in [5.41, 5.74) is -1.47. The Hall–Kier alpha value is -1.22. The van der Waals surface area contributed by atoms with Gasteiger partial charge >= 0.3 is 0 Å². The summed E-state index contributed by atoms with van der Waals surface area (Å²) in [5.74, 6) is -12.2. The molecule has 1 aromatic carbocycles. The van der Waals surface area contributed by atoms with Gasteiger partial charge in [0.25, 0.3) is 5.91 Å². The highest BCUT2D eigenvalue weighted by Gasteiger charge is 2.31. The summed E-state index contributed by atoms with van der Waals surface area (Å²) in [4.78, 5) is 12.9. The average Bonchev–Trinajstić information content (AvgIpc) is 2.47. The van der Waals surface area contributed by atoms with Gasteiger partial charge in [-0.25, -0.2) is 22.0 Å². The molecule has 1 amide bonds. The molecule has 1 rings (SSSR count). The first-order valence-corrected chi connectivity index (χ1v) is 6.84. The topological polar surface area (TPSA) is 29.5 Å². The zero-order valence-electron chi connectivity index (χ0n) is 10.9. The molecular weight excluding hydrogens is 365 g/mol. The molecule has 0 heterocycles. The van der Waals surface area contributed by atoms with E-state index in [2.05, 4.69) is 15.9 Å². The third-order valence-corrected chi connectivity index (χ3v) is 2.99. The number of halogens is 6. The van der Waals surface area contributed by atoms with Crippen molar-refractivity contribution in [3.8, 4) is 0 Å². The number of benzene rings is 1. The molecule has 0 spiro atoms. The van der Waals surface area contributed by atoms with E-state index in [9.17, 15) is 26.7 Å². The first-order valence-electron chi connectivity index (χ1n) is 5.72. The first-order chi connectivity index (χ1) is 9.86. The Morgan fingerprint density at radius 3 is 1.90 bits per heavy atom. The predicted molar refractivity (Wildman–Crippen MR) is 67.8 cm³/mol. The monoisotopic (exact) mass is 375 g/mol. The highest BCUT2D eigenvalue weighted by atomic mass is 79.9. The lowest BCUT2D eigenvalue weighted by molar-refractivity contribution is 0.0696. The lowest BCUT2D eigenvalue weighted by Crippen LogP contribution is -2.37. The normalized spacial score (nSPS) is 10.8. The van der Waals surface area contributed by atoms with E-state index in [0.717, 1.165) is 4.90 Å². The fourth-order valence-corrected chi connectivity index (χ4v) is 2.00. The summed E-state index contributed by atoms with van der Waals surface area (Å²) in [7, 11) is 1.34. The van der Waals surface area contributed by atoms with E-state index in [1.165, 1.54) is 7.11 Å². The zero-order valence-corrected chi connectivity index (χ0v) is 12.4. The van der Waals surface area contributed by atoms with Gasteiger partial charge in [0.2, 0.25) is 5.82 Å². The molecule has 1 aromatic rings. The first kappa shape index (κ1) is 17.8. The van der Waals surface area contributed by atoms with Crippen LogP contribution in [0.15, 0.2) is 0 Å². The zero-order chi connectivity index (χ0) is 16.2. The fourth-order valence-electron chi connectivity index (χ4n) is 1.57. The summed E-state index contributed by atoms with van der Waals surface area (Å²) < 4.78 is 71.0. The minimum absolute atomic E-state index is 0.0156. The summed E-state index contributed by atoms with van der Waals surface area (Å²) in [6.07, 6.45) is 0. The summed E-state index contributed by atoms with van der Waals surface area (Å²) in [5, 5.41) is 0.262. The van der Waals surface area contributed by atoms with Crippen LogP contribution in [0.5, 0.6) is 0 Å². The highest BCUT2D eigenvalue weighted by Crippen LogP contribution is 2.24. The lowest BCUT2D eigenvalue weighted by atomic mass is 10.1. The van der Waals surface area contributed by atoms with E-state index in [-0.39, 0.29) is 25.0 Å². The van der Waals surface area contributed by atoms with Gasteiger partial charge in [-0.05, 0) is 0 Å². The molecular formula is C12H11BrF5NO2. The van der Waals surface area contributed by atoms with E-state index >= 15 is 0 Å². The molecule has 0 aliphatic rings. The highest BCUT2D eigenvalue weighted by molar-refractivity contribution is 9.09. The molecule has 0 N–H and O–H groups in total. The number of carbonyl (C=O) groups excluding carboxylic acids is 1. The standard InChI is InChI=1S/C12H11BrF5NO2/c1-21-5-4-19(3-2-13)12(20)6-7(14)9(16)11(18)10(17)8(6)15/h2-5H2,1H3. The molecule has 0 saturated heterocycles. The molecule has 0 aliphatic heterocycles. The maximum atomic E-state index is 13.6. The second-order valence-corrected chi connectivity index (χ2v) is 4.71. The van der Waals surface area contributed by atoms with Gasteiger partial charge in [0.15, 0.2) is 23.3 Å². The molecule has 0 saturated carbocycles. The third kappa shape index (κ3) is 3.70. The fraction of sp³-hybridized carbons (Fsp3) is 0.417. The molecule has 118 valence electrons. The molecule has 0 bridgehead atoms. The Morgan fingerprint density at radius 1 is 1.00 bits per heavy atom. The maximum absolute atomic E-state index is 13.6. The van der Waals surface area contributed by atoms with Crippen LogP contribution in [0.4, 0.5) is 22.0 Å². The molecule has 0 fully saturated rings. The van der Waals surface area contributed by atoms with Gasteiger partial charge in [-0.2, -0.15) is 0 Å². The molecule has 0 aromatic heterocycles. The smallest absolute Gasteiger partial charge is 0.260 e. The number of ether oxygens (including phenoxy) is 1. The Labute approximate surface area is 125 Å². The van der Waals surface area contributed by atoms with Gasteiger partial charge in [0.1, 0.15) is 5.56 Å². The van der Waals surface area contributed by atoms with Gasteiger partial charge in [0.05, 0.1) is 6.61 Å². The Bertz CT molecular complexity index is 512. The summed E-state index contributed by atoms with van der Waals surface area (Å²) in [6, 6.07) is 0. The van der Waals surface area contributed by atoms with Crippen molar-refractivity contribution in [2.45, 2.75) is 0 Å². The quantitative estimate of drug-likeness (QED) is 0.331. The van der Waals surface area contributed by atoms with E-state index in [0.29, 0.717) is 0 Å². The van der Waals surface area contributed by atoms with Crippen molar-refractivity contribution in [3.63, 3.8) is 0 Å². The number of rotatable bonds is 6. The number of nitrogens with zero attached hydrogens (tertiary/aromatic N) is 1. The van der Waals surface area contributed by atoms with Crippen molar-refractivity contribution in [1.82, 2.24) is 4.90 Å². The minimum atomic E-state index is -2.30. The Kier molecular flexibility index (Phi) is 6.53. The molecule has 0 atom stereocenters. The average molecular weight is 376 g/mol. The number of alkyl halides is 1. The number of carbonyl (C=O) groups is 1. The van der Waals surface area contributed by atoms with Gasteiger partial charge in [-0.3, -0.25) is 4.79 Å². The van der Waals surface area contributed by atoms with E-state index in [1.54, 1.807) is 0 Å². The third-order valence-electron chi connectivity index (χ3n) is 2.63.